The van der Waals surface area contributed by atoms with Crippen LogP contribution in [0.3, 0.4) is 0 Å². The fourth-order valence-corrected chi connectivity index (χ4v) is 4.80. The second kappa shape index (κ2) is 12.5. The van der Waals surface area contributed by atoms with E-state index in [9.17, 15) is 18.3 Å². The number of carbonyl (C=O) groups is 1. The Bertz CT molecular complexity index is 1560. The Morgan fingerprint density at radius 3 is 2.38 bits per heavy atom. The highest BCUT2D eigenvalue weighted by molar-refractivity contribution is 7.92. The Kier molecular flexibility index (Phi) is 8.92. The number of methoxy groups -OCH3 is 1. The maximum absolute atomic E-state index is 13.4. The lowest BCUT2D eigenvalue weighted by atomic mass is 10.2. The number of rotatable bonds is 12. The van der Waals surface area contributed by atoms with Crippen LogP contribution in [0.25, 0.3) is 11.0 Å². The molecule has 4 aromatic rings. The summed E-state index contributed by atoms with van der Waals surface area (Å²) in [5, 5.41) is 18.4. The minimum atomic E-state index is -4.13. The van der Waals surface area contributed by atoms with Crippen molar-refractivity contribution in [1.29, 1.82) is 0 Å². The number of fused-ring (bicyclic) bond motifs is 1. The van der Waals surface area contributed by atoms with Crippen molar-refractivity contribution in [3.05, 3.63) is 72.3 Å². The van der Waals surface area contributed by atoms with E-state index in [1.54, 1.807) is 54.6 Å². The fourth-order valence-electron chi connectivity index (χ4n) is 3.75. The summed E-state index contributed by atoms with van der Waals surface area (Å²) < 4.78 is 34.6. The first-order valence-electron chi connectivity index (χ1n) is 12.3. The van der Waals surface area contributed by atoms with Crippen LogP contribution in [0.5, 0.6) is 5.75 Å². The number of ether oxygens (including phenoxy) is 1. The maximum atomic E-state index is 13.4. The predicted octanol–water partition coefficient (Wildman–Crippen LogP) is 3.61. The van der Waals surface area contributed by atoms with Gasteiger partial charge in [0.1, 0.15) is 5.75 Å². The molecule has 0 aliphatic rings. The van der Waals surface area contributed by atoms with E-state index in [1.807, 2.05) is 6.92 Å². The van der Waals surface area contributed by atoms with Gasteiger partial charge in [0.05, 0.1) is 36.2 Å². The lowest BCUT2D eigenvalue weighted by Gasteiger charge is -2.15. The van der Waals surface area contributed by atoms with Crippen LogP contribution in [-0.4, -0.2) is 49.6 Å². The minimum absolute atomic E-state index is 0.0275. The first kappa shape index (κ1) is 27.8. The standard InChI is InChI=1S/C27H30N6O5S/c1-3-11-28-16-25(35)29-19-7-6-8-22(15-19)39(36,37)33-27-26(31-23-9-4-5-10-24(23)32-27)30-20-12-18(17-34)13-21(14-20)38-2/h4-10,12-15,28,34H,3,11,16-17H2,1-2H3,(H,29,35)(H,30,31)(H,32,33). The van der Waals surface area contributed by atoms with Crippen LogP contribution in [-0.2, 0) is 21.4 Å². The molecule has 204 valence electrons. The Morgan fingerprint density at radius 2 is 1.69 bits per heavy atom. The monoisotopic (exact) mass is 550 g/mol. The third-order valence-electron chi connectivity index (χ3n) is 5.59. The molecule has 1 heterocycles. The molecule has 1 amide bonds. The van der Waals surface area contributed by atoms with Crippen LogP contribution in [0.2, 0.25) is 0 Å². The van der Waals surface area contributed by atoms with Gasteiger partial charge in [-0.05, 0) is 61.0 Å². The molecule has 0 atom stereocenters. The van der Waals surface area contributed by atoms with Crippen LogP contribution >= 0.6 is 0 Å². The normalized spacial score (nSPS) is 11.3. The van der Waals surface area contributed by atoms with Crippen molar-refractivity contribution >= 4 is 50.0 Å². The number of aliphatic hydroxyl groups is 1. The van der Waals surface area contributed by atoms with Crippen LogP contribution < -0.4 is 25.4 Å². The van der Waals surface area contributed by atoms with Crippen molar-refractivity contribution in [2.24, 2.45) is 0 Å². The molecule has 0 unspecified atom stereocenters. The zero-order valence-corrected chi connectivity index (χ0v) is 22.4. The van der Waals surface area contributed by atoms with Crippen molar-refractivity contribution < 1.29 is 23.1 Å². The van der Waals surface area contributed by atoms with E-state index in [0.29, 0.717) is 40.3 Å². The highest BCUT2D eigenvalue weighted by atomic mass is 32.2. The van der Waals surface area contributed by atoms with Gasteiger partial charge in [0.25, 0.3) is 10.0 Å². The number of para-hydroxylation sites is 2. The predicted molar refractivity (Wildman–Crippen MR) is 151 cm³/mol. The quantitative estimate of drug-likeness (QED) is 0.166. The van der Waals surface area contributed by atoms with Gasteiger partial charge >= 0.3 is 0 Å². The topological polar surface area (TPSA) is 155 Å². The van der Waals surface area contributed by atoms with Gasteiger partial charge in [0.15, 0.2) is 11.6 Å². The number of nitrogens with zero attached hydrogens (tertiary/aromatic N) is 2. The van der Waals surface area contributed by atoms with Crippen molar-refractivity contribution in [3.63, 3.8) is 0 Å². The number of carbonyl (C=O) groups excluding carboxylic acids is 1. The fraction of sp³-hybridized carbons (Fsp3) is 0.222. The summed E-state index contributed by atoms with van der Waals surface area (Å²) in [5.41, 5.74) is 2.50. The van der Waals surface area contributed by atoms with E-state index in [1.165, 1.54) is 19.2 Å². The molecule has 0 spiro atoms. The molecule has 0 bridgehead atoms. The summed E-state index contributed by atoms with van der Waals surface area (Å²) in [5.74, 6) is 0.350. The van der Waals surface area contributed by atoms with Gasteiger partial charge < -0.3 is 25.8 Å². The Hall–Kier alpha value is -4.26. The summed E-state index contributed by atoms with van der Waals surface area (Å²) in [6.45, 7) is 2.60. The van der Waals surface area contributed by atoms with Gasteiger partial charge in [0.2, 0.25) is 5.91 Å². The molecule has 5 N–H and O–H groups in total. The second-order valence-electron chi connectivity index (χ2n) is 8.62. The first-order chi connectivity index (χ1) is 18.8. The molecule has 12 heteroatoms. The largest absolute Gasteiger partial charge is 0.497 e. The smallest absolute Gasteiger partial charge is 0.263 e. The van der Waals surface area contributed by atoms with Crippen LogP contribution in [0.15, 0.2) is 71.6 Å². The third-order valence-corrected chi connectivity index (χ3v) is 6.93. The number of aliphatic hydroxyl groups excluding tert-OH is 1. The molecule has 0 saturated carbocycles. The SMILES string of the molecule is CCCNCC(=O)Nc1cccc(S(=O)(=O)Nc2nc3ccccc3nc2Nc2cc(CO)cc(OC)c2)c1. The molecule has 4 rings (SSSR count). The van der Waals surface area contributed by atoms with Crippen molar-refractivity contribution in [2.75, 3.05) is 35.6 Å². The highest BCUT2D eigenvalue weighted by Crippen LogP contribution is 2.30. The summed E-state index contributed by atoms with van der Waals surface area (Å²) in [6.07, 6.45) is 0.890. The van der Waals surface area contributed by atoms with Crippen LogP contribution in [0.1, 0.15) is 18.9 Å². The van der Waals surface area contributed by atoms with Gasteiger partial charge in [-0.25, -0.2) is 18.4 Å². The van der Waals surface area contributed by atoms with E-state index in [0.717, 1.165) is 6.42 Å². The summed E-state index contributed by atoms with van der Waals surface area (Å²) >= 11 is 0. The Morgan fingerprint density at radius 1 is 0.949 bits per heavy atom. The lowest BCUT2D eigenvalue weighted by Crippen LogP contribution is -2.28. The second-order valence-corrected chi connectivity index (χ2v) is 10.3. The van der Waals surface area contributed by atoms with E-state index in [-0.39, 0.29) is 35.6 Å². The average molecular weight is 551 g/mol. The average Bonchev–Trinajstić information content (AvgIpc) is 2.93. The number of anilines is 4. The third kappa shape index (κ3) is 7.19. The minimum Gasteiger partial charge on any atom is -0.497 e. The molecule has 0 saturated heterocycles. The van der Waals surface area contributed by atoms with Crippen molar-refractivity contribution in [3.8, 4) is 5.75 Å². The van der Waals surface area contributed by atoms with Crippen molar-refractivity contribution in [1.82, 2.24) is 15.3 Å². The number of benzene rings is 3. The number of nitrogens with one attached hydrogen (secondary N) is 4. The zero-order chi connectivity index (χ0) is 27.8. The molecular formula is C27H30N6O5S. The molecule has 11 nitrogen and oxygen atoms in total. The number of hydrogen-bond donors (Lipinski definition) is 5. The van der Waals surface area contributed by atoms with Gasteiger partial charge in [0, 0.05) is 17.4 Å². The van der Waals surface area contributed by atoms with Crippen LogP contribution in [0, 0.1) is 0 Å². The van der Waals surface area contributed by atoms with Gasteiger partial charge in [-0.15, -0.1) is 0 Å². The summed E-state index contributed by atoms with van der Waals surface area (Å²) in [7, 11) is -2.62. The van der Waals surface area contributed by atoms with E-state index in [4.69, 9.17) is 4.74 Å². The lowest BCUT2D eigenvalue weighted by molar-refractivity contribution is -0.115. The molecule has 0 fully saturated rings. The number of hydrogen-bond acceptors (Lipinski definition) is 9. The number of aromatic nitrogens is 2. The summed E-state index contributed by atoms with van der Waals surface area (Å²) in [4.78, 5) is 21.2. The van der Waals surface area contributed by atoms with Gasteiger partial charge in [-0.3, -0.25) is 9.52 Å². The molecule has 39 heavy (non-hydrogen) atoms. The Balaban J connectivity index is 1.65. The zero-order valence-electron chi connectivity index (χ0n) is 21.6. The van der Waals surface area contributed by atoms with Gasteiger partial charge in [-0.1, -0.05) is 25.1 Å². The first-order valence-corrected chi connectivity index (χ1v) is 13.8. The van der Waals surface area contributed by atoms with Crippen LogP contribution in [0.4, 0.5) is 23.0 Å². The molecule has 0 aliphatic carbocycles. The molecule has 3 aromatic carbocycles. The van der Waals surface area contributed by atoms with Gasteiger partial charge in [-0.2, -0.15) is 0 Å². The molecule has 0 radical (unpaired) electrons. The molecular weight excluding hydrogens is 520 g/mol. The highest BCUT2D eigenvalue weighted by Gasteiger charge is 2.20. The van der Waals surface area contributed by atoms with E-state index < -0.39 is 10.0 Å². The number of amides is 1. The number of sulfonamides is 1. The van der Waals surface area contributed by atoms with E-state index >= 15 is 0 Å². The van der Waals surface area contributed by atoms with Crippen molar-refractivity contribution in [2.45, 2.75) is 24.8 Å². The molecule has 1 aromatic heterocycles. The maximum Gasteiger partial charge on any atom is 0.263 e. The Labute approximate surface area is 226 Å². The summed E-state index contributed by atoms with van der Waals surface area (Å²) in [6, 6.07) is 18.1. The molecule has 0 aliphatic heterocycles. The van der Waals surface area contributed by atoms with E-state index in [2.05, 4.69) is 30.6 Å².